The van der Waals surface area contributed by atoms with Crippen molar-refractivity contribution in [2.24, 2.45) is 0 Å². The molecule has 45 heavy (non-hydrogen) atoms. The van der Waals surface area contributed by atoms with E-state index in [0.717, 1.165) is 17.5 Å². The molecule has 2 bridgehead atoms. The first kappa shape index (κ1) is 28.9. The molecule has 0 radical (unpaired) electrons. The van der Waals surface area contributed by atoms with E-state index in [9.17, 15) is 26.4 Å². The van der Waals surface area contributed by atoms with Crippen molar-refractivity contribution in [2.45, 2.75) is 54.8 Å². The summed E-state index contributed by atoms with van der Waals surface area (Å²) in [6, 6.07) is 12.7. The largest absolute Gasteiger partial charge is 0.451 e. The zero-order valence-corrected chi connectivity index (χ0v) is 24.5. The molecule has 1 amide bonds. The van der Waals surface area contributed by atoms with E-state index in [1.165, 1.54) is 9.42 Å². The lowest BCUT2D eigenvalue weighted by atomic mass is 9.87. The van der Waals surface area contributed by atoms with Crippen LogP contribution >= 0.6 is 0 Å². The van der Waals surface area contributed by atoms with Crippen LogP contribution in [0.2, 0.25) is 0 Å². The molecule has 4 aromatic heterocycles. The Balaban J connectivity index is 1.24. The van der Waals surface area contributed by atoms with Crippen LogP contribution in [0, 0.1) is 0 Å². The second kappa shape index (κ2) is 10.4. The van der Waals surface area contributed by atoms with Gasteiger partial charge in [0.15, 0.2) is 15.5 Å². The van der Waals surface area contributed by atoms with Crippen LogP contribution in [0.4, 0.5) is 19.0 Å². The van der Waals surface area contributed by atoms with Gasteiger partial charge < -0.3 is 10.6 Å². The maximum atomic E-state index is 13.2. The molecule has 0 aliphatic carbocycles. The van der Waals surface area contributed by atoms with Crippen LogP contribution in [0.5, 0.6) is 0 Å². The van der Waals surface area contributed by atoms with E-state index < -0.39 is 39.5 Å². The van der Waals surface area contributed by atoms with Crippen molar-refractivity contribution in [3.63, 3.8) is 0 Å². The van der Waals surface area contributed by atoms with E-state index in [2.05, 4.69) is 20.2 Å². The number of anilines is 1. The fourth-order valence-corrected chi connectivity index (χ4v) is 7.60. The average molecular weight is 638 g/mol. The number of nitrogens with one attached hydrogen (secondary N) is 1. The van der Waals surface area contributed by atoms with Crippen molar-refractivity contribution in [1.29, 1.82) is 0 Å². The molecule has 2 aliphatic heterocycles. The van der Waals surface area contributed by atoms with Crippen LogP contribution in [-0.4, -0.2) is 72.3 Å². The van der Waals surface area contributed by atoms with Gasteiger partial charge in [0.05, 0.1) is 17.6 Å². The molecular weight excluding hydrogens is 611 g/mol. The molecule has 2 saturated heterocycles. The summed E-state index contributed by atoms with van der Waals surface area (Å²) in [5, 5.41) is 9.65. The number of sulfone groups is 1. The molecule has 5 aromatic rings. The number of nitrogens with two attached hydrogens (primary N) is 1. The molecule has 2 atom stereocenters. The predicted molar refractivity (Wildman–Crippen MR) is 156 cm³/mol. The number of alkyl halides is 3. The van der Waals surface area contributed by atoms with Crippen LogP contribution in [-0.2, 0) is 16.0 Å². The Kier molecular flexibility index (Phi) is 6.65. The molecule has 2 unspecified atom stereocenters. The van der Waals surface area contributed by atoms with E-state index in [-0.39, 0.29) is 28.5 Å². The SMILES string of the molecule is CS(=O)(=O)c1c(C2CC3CCC(C2)N3C(=O)c2n[nH]c(C(F)(F)F)n2)nc2c(-c3ccc(-c4ccccc4)nc3)cnn2c1N. The molecule has 2 fully saturated rings. The number of hydrogen-bond donors (Lipinski definition) is 2. The molecule has 7 rings (SSSR count). The number of pyridine rings is 1. The Morgan fingerprint density at radius 1 is 1.00 bits per heavy atom. The summed E-state index contributed by atoms with van der Waals surface area (Å²) in [6.45, 7) is 0. The number of piperidine rings is 1. The van der Waals surface area contributed by atoms with Gasteiger partial charge in [0, 0.05) is 47.1 Å². The number of halogens is 3. The fourth-order valence-electron chi connectivity index (χ4n) is 6.54. The number of carbonyl (C=O) groups excluding carboxylic acids is 1. The summed E-state index contributed by atoms with van der Waals surface area (Å²) in [5.41, 5.74) is 10.1. The number of nitrogen functional groups attached to an aromatic ring is 1. The molecule has 0 spiro atoms. The highest BCUT2D eigenvalue weighted by molar-refractivity contribution is 7.91. The number of nitrogens with zero attached hydrogens (tertiary/aromatic N) is 7. The third-order valence-electron chi connectivity index (χ3n) is 8.48. The van der Waals surface area contributed by atoms with Crippen LogP contribution in [0.3, 0.4) is 0 Å². The van der Waals surface area contributed by atoms with Gasteiger partial charge in [0.1, 0.15) is 10.7 Å². The Bertz CT molecular complexity index is 2030. The third kappa shape index (κ3) is 4.98. The number of hydrogen-bond acceptors (Lipinski definition) is 9. The van der Waals surface area contributed by atoms with Gasteiger partial charge >= 0.3 is 6.18 Å². The average Bonchev–Trinajstić information content (AvgIpc) is 3.73. The maximum Gasteiger partial charge on any atom is 0.451 e. The minimum absolute atomic E-state index is 0.0797. The van der Waals surface area contributed by atoms with E-state index in [1.54, 1.807) is 17.5 Å². The number of carbonyl (C=O) groups is 1. The van der Waals surface area contributed by atoms with Crippen molar-refractivity contribution in [2.75, 3.05) is 12.0 Å². The monoisotopic (exact) mass is 637 g/mol. The van der Waals surface area contributed by atoms with Gasteiger partial charge in [-0.05, 0) is 31.7 Å². The van der Waals surface area contributed by atoms with Crippen molar-refractivity contribution in [3.05, 3.63) is 72.2 Å². The van der Waals surface area contributed by atoms with Crippen LogP contribution < -0.4 is 5.73 Å². The first-order valence-corrected chi connectivity index (χ1v) is 16.0. The first-order valence-electron chi connectivity index (χ1n) is 14.1. The van der Waals surface area contributed by atoms with E-state index >= 15 is 0 Å². The second-order valence-electron chi connectivity index (χ2n) is 11.3. The van der Waals surface area contributed by atoms with Gasteiger partial charge in [-0.2, -0.15) is 27.8 Å². The Hall–Kier alpha value is -4.86. The molecule has 2 aliphatic rings. The van der Waals surface area contributed by atoms with Crippen LogP contribution in [0.15, 0.2) is 59.8 Å². The molecule has 12 nitrogen and oxygen atoms in total. The summed E-state index contributed by atoms with van der Waals surface area (Å²) in [7, 11) is -3.87. The summed E-state index contributed by atoms with van der Waals surface area (Å²) < 4.78 is 66.6. The summed E-state index contributed by atoms with van der Waals surface area (Å²) in [4.78, 5) is 27.5. The number of amides is 1. The standard InChI is InChI=1S/C29H26F3N9O3S/c1-45(43,44)23-22(17-11-18-8-9-19(12-17)40(18)27(42)25-37-28(39-38-25)29(30,31)32)36-26-20(14-35-41(26)24(23)33)16-7-10-21(34-13-16)15-5-3-2-4-6-15/h2-7,10,13-14,17-19H,8-9,11-12,33H2,1H3,(H,37,38,39). The van der Waals surface area contributed by atoms with Gasteiger partial charge in [0.2, 0.25) is 11.6 Å². The maximum absolute atomic E-state index is 13.2. The Labute approximate surface area is 254 Å². The zero-order valence-electron chi connectivity index (χ0n) is 23.7. The predicted octanol–water partition coefficient (Wildman–Crippen LogP) is 4.13. The number of rotatable bonds is 5. The second-order valence-corrected chi connectivity index (χ2v) is 13.3. The Morgan fingerprint density at radius 2 is 1.71 bits per heavy atom. The van der Waals surface area contributed by atoms with Gasteiger partial charge in [-0.3, -0.25) is 14.9 Å². The number of H-pyrrole nitrogens is 1. The van der Waals surface area contributed by atoms with Crippen molar-refractivity contribution >= 4 is 27.2 Å². The van der Waals surface area contributed by atoms with Crippen molar-refractivity contribution in [1.82, 2.24) is 39.7 Å². The fraction of sp³-hybridized carbons (Fsp3) is 0.310. The van der Waals surface area contributed by atoms with E-state index in [1.807, 2.05) is 42.5 Å². The van der Waals surface area contributed by atoms with Gasteiger partial charge in [-0.15, -0.1) is 5.10 Å². The van der Waals surface area contributed by atoms with Crippen molar-refractivity contribution in [3.8, 4) is 22.4 Å². The number of aromatic amines is 1. The molecule has 6 heterocycles. The van der Waals surface area contributed by atoms with Crippen LogP contribution in [0.1, 0.15) is 53.7 Å². The van der Waals surface area contributed by atoms with Gasteiger partial charge in [-0.25, -0.2) is 13.4 Å². The lowest BCUT2D eigenvalue weighted by Gasteiger charge is -2.38. The van der Waals surface area contributed by atoms with Crippen LogP contribution in [0.25, 0.3) is 28.0 Å². The first-order chi connectivity index (χ1) is 21.4. The summed E-state index contributed by atoms with van der Waals surface area (Å²) in [5.74, 6) is -3.09. The molecule has 1 aromatic carbocycles. The van der Waals surface area contributed by atoms with E-state index in [0.29, 0.717) is 42.5 Å². The van der Waals surface area contributed by atoms with Gasteiger partial charge in [-0.1, -0.05) is 36.4 Å². The summed E-state index contributed by atoms with van der Waals surface area (Å²) in [6.07, 6.45) is 1.39. The molecular formula is C29H26F3N9O3S. The molecule has 232 valence electrons. The van der Waals surface area contributed by atoms with E-state index in [4.69, 9.17) is 10.7 Å². The summed E-state index contributed by atoms with van der Waals surface area (Å²) >= 11 is 0. The highest BCUT2D eigenvalue weighted by Crippen LogP contribution is 2.46. The smallest absolute Gasteiger partial charge is 0.382 e. The molecule has 3 N–H and O–H groups in total. The quantitative estimate of drug-likeness (QED) is 0.288. The number of fused-ring (bicyclic) bond motifs is 3. The lowest BCUT2D eigenvalue weighted by molar-refractivity contribution is -0.144. The highest BCUT2D eigenvalue weighted by atomic mass is 32.2. The van der Waals surface area contributed by atoms with Crippen molar-refractivity contribution < 1.29 is 26.4 Å². The zero-order chi connectivity index (χ0) is 31.7. The van der Waals surface area contributed by atoms with Gasteiger partial charge in [0.25, 0.3) is 5.91 Å². The normalized spacial score (nSPS) is 20.2. The highest BCUT2D eigenvalue weighted by Gasteiger charge is 2.47. The minimum atomic E-state index is -4.77. The number of aromatic nitrogens is 7. The molecule has 16 heteroatoms. The molecule has 0 saturated carbocycles. The third-order valence-corrected chi connectivity index (χ3v) is 9.64. The number of benzene rings is 1. The Morgan fingerprint density at radius 3 is 2.31 bits per heavy atom. The topological polar surface area (TPSA) is 165 Å². The minimum Gasteiger partial charge on any atom is -0.382 e. The lowest BCUT2D eigenvalue weighted by Crippen LogP contribution is -2.46.